The molecule has 29 heavy (non-hydrogen) atoms. The maximum Gasteiger partial charge on any atom is 0.315 e. The van der Waals surface area contributed by atoms with Crippen LogP contribution in [0.4, 0.5) is 0 Å². The van der Waals surface area contributed by atoms with Gasteiger partial charge in [0.25, 0.3) is 0 Å². The van der Waals surface area contributed by atoms with E-state index in [0.29, 0.717) is 13.0 Å². The SMILES string of the molecule is CCCCCOC(=O)C1C(C)=NC2=C(C(=O)CC(C)(C)C2)[C@H]1c1ccccc1I. The Morgan fingerprint density at radius 3 is 2.66 bits per heavy atom. The van der Waals surface area contributed by atoms with E-state index in [1.807, 2.05) is 31.2 Å². The Kier molecular flexibility index (Phi) is 6.97. The summed E-state index contributed by atoms with van der Waals surface area (Å²) in [5.74, 6) is -1.02. The average Bonchev–Trinajstić information content (AvgIpc) is 2.63. The number of aliphatic imine (C=N–C) groups is 1. The third-order valence-corrected chi connectivity index (χ3v) is 6.77. The van der Waals surface area contributed by atoms with Gasteiger partial charge >= 0.3 is 5.97 Å². The van der Waals surface area contributed by atoms with Crippen molar-refractivity contribution in [2.24, 2.45) is 16.3 Å². The number of carbonyl (C=O) groups excluding carboxylic acids is 2. The summed E-state index contributed by atoms with van der Waals surface area (Å²) in [5, 5.41) is 0. The number of Topliss-reactive ketones (excluding diaryl/α,β-unsaturated/α-hetero) is 1. The highest BCUT2D eigenvalue weighted by Gasteiger charge is 2.46. The molecule has 1 aromatic carbocycles. The van der Waals surface area contributed by atoms with Crippen molar-refractivity contribution in [1.29, 1.82) is 0 Å². The first-order valence-electron chi connectivity index (χ1n) is 10.5. The Hall–Kier alpha value is -1.50. The number of hydrogen-bond donors (Lipinski definition) is 0. The minimum Gasteiger partial charge on any atom is -0.465 e. The zero-order valence-corrected chi connectivity index (χ0v) is 19.9. The van der Waals surface area contributed by atoms with Crippen LogP contribution in [-0.4, -0.2) is 24.1 Å². The summed E-state index contributed by atoms with van der Waals surface area (Å²) in [6, 6.07) is 8.01. The number of esters is 1. The van der Waals surface area contributed by atoms with Crippen LogP contribution in [0.25, 0.3) is 0 Å². The van der Waals surface area contributed by atoms with E-state index >= 15 is 0 Å². The molecule has 0 amide bonds. The van der Waals surface area contributed by atoms with E-state index in [-0.39, 0.29) is 23.1 Å². The van der Waals surface area contributed by atoms with Gasteiger partial charge in [-0.15, -0.1) is 0 Å². The predicted molar refractivity (Wildman–Crippen MR) is 124 cm³/mol. The Bertz CT molecular complexity index is 869. The van der Waals surface area contributed by atoms with Crippen LogP contribution in [0.1, 0.15) is 71.3 Å². The monoisotopic (exact) mass is 507 g/mol. The topological polar surface area (TPSA) is 55.7 Å². The molecule has 0 N–H and O–H groups in total. The van der Waals surface area contributed by atoms with Crippen LogP contribution in [0.2, 0.25) is 0 Å². The molecule has 0 saturated heterocycles. The second kappa shape index (κ2) is 9.11. The van der Waals surface area contributed by atoms with Crippen molar-refractivity contribution in [3.8, 4) is 0 Å². The third-order valence-electron chi connectivity index (χ3n) is 5.79. The molecule has 1 aliphatic carbocycles. The van der Waals surface area contributed by atoms with Gasteiger partial charge in [0.1, 0.15) is 5.92 Å². The summed E-state index contributed by atoms with van der Waals surface area (Å²) >= 11 is 2.29. The van der Waals surface area contributed by atoms with Crippen molar-refractivity contribution in [1.82, 2.24) is 0 Å². The summed E-state index contributed by atoms with van der Waals surface area (Å²) in [4.78, 5) is 31.1. The van der Waals surface area contributed by atoms with Gasteiger partial charge in [-0.3, -0.25) is 14.6 Å². The molecule has 3 rings (SSSR count). The fourth-order valence-corrected chi connectivity index (χ4v) is 5.15. The lowest BCUT2D eigenvalue weighted by atomic mass is 9.67. The molecule has 5 heteroatoms. The Morgan fingerprint density at radius 2 is 1.97 bits per heavy atom. The highest BCUT2D eigenvalue weighted by Crippen LogP contribution is 2.48. The fourth-order valence-electron chi connectivity index (χ4n) is 4.43. The molecule has 1 heterocycles. The maximum absolute atomic E-state index is 13.2. The Balaban J connectivity index is 2.04. The summed E-state index contributed by atoms with van der Waals surface area (Å²) in [6.45, 7) is 8.65. The molecule has 0 radical (unpaired) electrons. The molecule has 0 aromatic heterocycles. The molecule has 1 aromatic rings. The van der Waals surface area contributed by atoms with E-state index in [4.69, 9.17) is 9.73 Å². The molecule has 0 saturated carbocycles. The van der Waals surface area contributed by atoms with Gasteiger partial charge in [-0.2, -0.15) is 0 Å². The van der Waals surface area contributed by atoms with Crippen molar-refractivity contribution < 1.29 is 14.3 Å². The second-order valence-corrected chi connectivity index (χ2v) is 10.1. The fraction of sp³-hybridized carbons (Fsp3) is 0.542. The smallest absolute Gasteiger partial charge is 0.315 e. The molecule has 1 unspecified atom stereocenters. The lowest BCUT2D eigenvalue weighted by Gasteiger charge is -2.39. The third kappa shape index (κ3) is 4.81. The van der Waals surface area contributed by atoms with Crippen molar-refractivity contribution in [2.75, 3.05) is 6.61 Å². The minimum absolute atomic E-state index is 0.110. The molecular formula is C24H30INO3. The lowest BCUT2D eigenvalue weighted by Crippen LogP contribution is -2.39. The largest absolute Gasteiger partial charge is 0.465 e. The first-order chi connectivity index (χ1) is 13.7. The highest BCUT2D eigenvalue weighted by atomic mass is 127. The van der Waals surface area contributed by atoms with E-state index in [1.54, 1.807) is 0 Å². The zero-order valence-electron chi connectivity index (χ0n) is 17.8. The van der Waals surface area contributed by atoms with E-state index in [9.17, 15) is 9.59 Å². The first-order valence-corrected chi connectivity index (χ1v) is 11.6. The van der Waals surface area contributed by atoms with Gasteiger partial charge in [0.15, 0.2) is 5.78 Å². The van der Waals surface area contributed by atoms with Crippen LogP contribution in [0.5, 0.6) is 0 Å². The standard InChI is InChI=1S/C24H30INO3/c1-5-6-9-12-29-23(28)20-15(2)26-18-13-24(3,4)14-19(27)22(18)21(20)16-10-7-8-11-17(16)25/h7-8,10-11,20-21H,5-6,9,12-14H2,1-4H3/t20?,21-/m0/s1. The summed E-state index contributed by atoms with van der Waals surface area (Å²) in [7, 11) is 0. The van der Waals surface area contributed by atoms with Crippen molar-refractivity contribution in [2.45, 2.75) is 65.7 Å². The Morgan fingerprint density at radius 1 is 1.24 bits per heavy atom. The Labute approximate surface area is 187 Å². The molecular weight excluding hydrogens is 477 g/mol. The van der Waals surface area contributed by atoms with Gasteiger partial charge < -0.3 is 4.74 Å². The van der Waals surface area contributed by atoms with Crippen LogP contribution >= 0.6 is 22.6 Å². The molecule has 0 fully saturated rings. The molecule has 4 nitrogen and oxygen atoms in total. The number of benzene rings is 1. The number of rotatable bonds is 6. The molecule has 1 aliphatic heterocycles. The van der Waals surface area contributed by atoms with Gasteiger partial charge in [0.05, 0.1) is 6.61 Å². The van der Waals surface area contributed by atoms with Crippen molar-refractivity contribution in [3.63, 3.8) is 0 Å². The second-order valence-electron chi connectivity index (χ2n) is 8.91. The molecule has 156 valence electrons. The van der Waals surface area contributed by atoms with Crippen LogP contribution in [0.3, 0.4) is 0 Å². The average molecular weight is 507 g/mol. The van der Waals surface area contributed by atoms with E-state index in [1.165, 1.54) is 0 Å². The van der Waals surface area contributed by atoms with Crippen LogP contribution in [0.15, 0.2) is 40.5 Å². The van der Waals surface area contributed by atoms with E-state index < -0.39 is 5.92 Å². The van der Waals surface area contributed by atoms with Crippen LogP contribution in [-0.2, 0) is 14.3 Å². The minimum atomic E-state index is -0.545. The first kappa shape index (κ1) is 22.2. The quantitative estimate of drug-likeness (QED) is 0.276. The van der Waals surface area contributed by atoms with E-state index in [0.717, 1.165) is 51.8 Å². The summed E-state index contributed by atoms with van der Waals surface area (Å²) in [6.07, 6.45) is 4.21. The van der Waals surface area contributed by atoms with Crippen molar-refractivity contribution in [3.05, 3.63) is 44.7 Å². The number of unbranched alkanes of at least 4 members (excludes halogenated alkanes) is 2. The summed E-state index contributed by atoms with van der Waals surface area (Å²) < 4.78 is 6.70. The maximum atomic E-state index is 13.2. The van der Waals surface area contributed by atoms with Crippen LogP contribution in [0, 0.1) is 14.9 Å². The van der Waals surface area contributed by atoms with E-state index in [2.05, 4.69) is 43.4 Å². The zero-order chi connectivity index (χ0) is 21.2. The number of nitrogens with zero attached hydrogens (tertiary/aromatic N) is 1. The molecule has 0 spiro atoms. The van der Waals surface area contributed by atoms with Gasteiger partial charge in [0, 0.05) is 32.9 Å². The number of ketones is 1. The number of carbonyl (C=O) groups is 2. The van der Waals surface area contributed by atoms with Gasteiger partial charge in [0.2, 0.25) is 0 Å². The number of allylic oxidation sites excluding steroid dienone is 2. The van der Waals surface area contributed by atoms with Crippen LogP contribution < -0.4 is 0 Å². The van der Waals surface area contributed by atoms with Gasteiger partial charge in [-0.05, 0) is 59.4 Å². The van der Waals surface area contributed by atoms with Gasteiger partial charge in [-0.1, -0.05) is 51.8 Å². The number of ether oxygens (including phenoxy) is 1. The predicted octanol–water partition coefficient (Wildman–Crippen LogP) is 5.84. The normalized spacial score (nSPS) is 23.5. The summed E-state index contributed by atoms with van der Waals surface area (Å²) in [5.41, 5.74) is 3.22. The van der Waals surface area contributed by atoms with Gasteiger partial charge in [-0.25, -0.2) is 0 Å². The lowest BCUT2D eigenvalue weighted by molar-refractivity contribution is -0.146. The number of halogens is 1. The number of hydrogen-bond acceptors (Lipinski definition) is 4. The highest BCUT2D eigenvalue weighted by molar-refractivity contribution is 14.1. The molecule has 0 bridgehead atoms. The van der Waals surface area contributed by atoms with Crippen molar-refractivity contribution >= 4 is 40.1 Å². The molecule has 2 atom stereocenters. The molecule has 2 aliphatic rings.